The van der Waals surface area contributed by atoms with Crippen LogP contribution in [0.1, 0.15) is 21.5 Å². The molecule has 2 aromatic carbocycles. The van der Waals surface area contributed by atoms with Gasteiger partial charge >= 0.3 is 6.18 Å². The van der Waals surface area contributed by atoms with Crippen LogP contribution in [0.5, 0.6) is 11.5 Å². The summed E-state index contributed by atoms with van der Waals surface area (Å²) in [6, 6.07) is 10.5. The molecule has 2 aromatic rings. The standard InChI is InChI=1S/C20H19F3N2O3.ClH/c21-20(22,23)16-3-1-2-14(10-16)12-24-6-8-25(9-7-24)19(26)15-4-5-17-18(11-15)28-13-27-17;/h1-5,10-11H,6-9,12-13H2;1H. The smallest absolute Gasteiger partial charge is 0.416 e. The Morgan fingerprint density at radius 3 is 2.41 bits per heavy atom. The molecule has 0 spiro atoms. The minimum Gasteiger partial charge on any atom is -0.454 e. The van der Waals surface area contributed by atoms with Crippen molar-refractivity contribution in [3.8, 4) is 11.5 Å². The van der Waals surface area contributed by atoms with Crippen molar-refractivity contribution < 1.29 is 27.4 Å². The molecule has 0 aromatic heterocycles. The second-order valence-electron chi connectivity index (χ2n) is 6.83. The van der Waals surface area contributed by atoms with Crippen LogP contribution in [0.4, 0.5) is 13.2 Å². The second-order valence-corrected chi connectivity index (χ2v) is 6.83. The minimum absolute atomic E-state index is 0. The minimum atomic E-state index is -4.34. The summed E-state index contributed by atoms with van der Waals surface area (Å²) in [5.74, 6) is 1.11. The van der Waals surface area contributed by atoms with Gasteiger partial charge in [0.25, 0.3) is 5.91 Å². The van der Waals surface area contributed by atoms with Gasteiger partial charge in [0.2, 0.25) is 6.79 Å². The fraction of sp³-hybridized carbons (Fsp3) is 0.350. The first-order valence-electron chi connectivity index (χ1n) is 8.97. The van der Waals surface area contributed by atoms with Gasteiger partial charge in [-0.15, -0.1) is 12.4 Å². The number of amides is 1. The molecule has 5 nitrogen and oxygen atoms in total. The zero-order valence-corrected chi connectivity index (χ0v) is 16.3. The van der Waals surface area contributed by atoms with Gasteiger partial charge in [0, 0.05) is 38.3 Å². The van der Waals surface area contributed by atoms with Crippen molar-refractivity contribution in [2.24, 2.45) is 0 Å². The maximum absolute atomic E-state index is 12.9. The van der Waals surface area contributed by atoms with Crippen LogP contribution in [-0.4, -0.2) is 48.7 Å². The highest BCUT2D eigenvalue weighted by molar-refractivity contribution is 5.95. The summed E-state index contributed by atoms with van der Waals surface area (Å²) in [7, 11) is 0. The zero-order chi connectivity index (χ0) is 19.7. The van der Waals surface area contributed by atoms with Gasteiger partial charge in [0.1, 0.15) is 0 Å². The fourth-order valence-electron chi connectivity index (χ4n) is 3.43. The summed E-state index contributed by atoms with van der Waals surface area (Å²) < 4.78 is 49.1. The Balaban J connectivity index is 0.00000240. The molecule has 2 aliphatic heterocycles. The average molecular weight is 429 g/mol. The number of carbonyl (C=O) groups is 1. The van der Waals surface area contributed by atoms with Crippen molar-refractivity contribution in [1.82, 2.24) is 9.80 Å². The van der Waals surface area contributed by atoms with E-state index in [1.807, 2.05) is 0 Å². The molecule has 2 aliphatic rings. The van der Waals surface area contributed by atoms with Crippen molar-refractivity contribution in [3.63, 3.8) is 0 Å². The number of fused-ring (bicyclic) bond motifs is 1. The molecule has 156 valence electrons. The molecule has 4 rings (SSSR count). The zero-order valence-electron chi connectivity index (χ0n) is 15.4. The normalized spacial score (nSPS) is 16.4. The van der Waals surface area contributed by atoms with Gasteiger partial charge in [-0.1, -0.05) is 18.2 Å². The summed E-state index contributed by atoms with van der Waals surface area (Å²) in [6.45, 7) is 2.83. The van der Waals surface area contributed by atoms with E-state index in [-0.39, 0.29) is 25.1 Å². The van der Waals surface area contributed by atoms with E-state index in [2.05, 4.69) is 4.90 Å². The van der Waals surface area contributed by atoms with Gasteiger partial charge in [0.05, 0.1) is 5.56 Å². The second kappa shape index (κ2) is 8.51. The number of ether oxygens (including phenoxy) is 2. The Bertz CT molecular complexity index is 884. The number of carbonyl (C=O) groups excluding carboxylic acids is 1. The van der Waals surface area contributed by atoms with E-state index >= 15 is 0 Å². The molecular weight excluding hydrogens is 409 g/mol. The van der Waals surface area contributed by atoms with Crippen LogP contribution in [0.3, 0.4) is 0 Å². The molecule has 0 atom stereocenters. The first kappa shape index (κ1) is 21.3. The lowest BCUT2D eigenvalue weighted by molar-refractivity contribution is -0.137. The Morgan fingerprint density at radius 2 is 1.69 bits per heavy atom. The molecule has 2 heterocycles. The lowest BCUT2D eigenvalue weighted by atomic mass is 10.1. The number of nitrogens with zero attached hydrogens (tertiary/aromatic N) is 2. The molecule has 0 unspecified atom stereocenters. The largest absolute Gasteiger partial charge is 0.454 e. The highest BCUT2D eigenvalue weighted by Gasteiger charge is 2.30. The maximum atomic E-state index is 12.9. The lowest BCUT2D eigenvalue weighted by Crippen LogP contribution is -2.48. The van der Waals surface area contributed by atoms with E-state index in [1.54, 1.807) is 29.2 Å². The van der Waals surface area contributed by atoms with Crippen molar-refractivity contribution in [2.75, 3.05) is 33.0 Å². The monoisotopic (exact) mass is 428 g/mol. The number of hydrogen-bond acceptors (Lipinski definition) is 4. The first-order valence-corrected chi connectivity index (χ1v) is 8.97. The summed E-state index contributed by atoms with van der Waals surface area (Å²) in [5.41, 5.74) is 0.516. The van der Waals surface area contributed by atoms with Gasteiger partial charge in [-0.3, -0.25) is 9.69 Å². The Hall–Kier alpha value is -2.45. The predicted octanol–water partition coefficient (Wildman–Crippen LogP) is 3.81. The molecule has 0 N–H and O–H groups in total. The van der Waals surface area contributed by atoms with Crippen LogP contribution in [0.15, 0.2) is 42.5 Å². The number of hydrogen-bond donors (Lipinski definition) is 0. The van der Waals surface area contributed by atoms with E-state index in [0.717, 1.165) is 6.07 Å². The summed E-state index contributed by atoms with van der Waals surface area (Å²) in [4.78, 5) is 16.5. The Kier molecular flexibility index (Phi) is 6.24. The van der Waals surface area contributed by atoms with Gasteiger partial charge in [-0.05, 0) is 29.8 Å². The van der Waals surface area contributed by atoms with Crippen LogP contribution in [-0.2, 0) is 12.7 Å². The van der Waals surface area contributed by atoms with Gasteiger partial charge in [0.15, 0.2) is 11.5 Å². The number of halogens is 4. The molecule has 9 heteroatoms. The molecule has 29 heavy (non-hydrogen) atoms. The fourth-order valence-corrected chi connectivity index (χ4v) is 3.43. The van der Waals surface area contributed by atoms with Crippen molar-refractivity contribution >= 4 is 18.3 Å². The third-order valence-corrected chi connectivity index (χ3v) is 4.94. The first-order chi connectivity index (χ1) is 13.4. The lowest BCUT2D eigenvalue weighted by Gasteiger charge is -2.35. The van der Waals surface area contributed by atoms with Gasteiger partial charge in [-0.2, -0.15) is 13.2 Å². The third-order valence-electron chi connectivity index (χ3n) is 4.94. The molecule has 0 aliphatic carbocycles. The molecule has 1 amide bonds. The maximum Gasteiger partial charge on any atom is 0.416 e. The molecule has 1 saturated heterocycles. The predicted molar refractivity (Wildman–Crippen MR) is 102 cm³/mol. The number of piperazine rings is 1. The summed E-state index contributed by atoms with van der Waals surface area (Å²) in [6.07, 6.45) is -4.34. The van der Waals surface area contributed by atoms with Crippen LogP contribution in [0.2, 0.25) is 0 Å². The van der Waals surface area contributed by atoms with E-state index in [4.69, 9.17) is 9.47 Å². The summed E-state index contributed by atoms with van der Waals surface area (Å²) >= 11 is 0. The van der Waals surface area contributed by atoms with Crippen molar-refractivity contribution in [2.45, 2.75) is 12.7 Å². The average Bonchev–Trinajstić information content (AvgIpc) is 3.15. The topological polar surface area (TPSA) is 42.0 Å². The molecule has 1 fully saturated rings. The summed E-state index contributed by atoms with van der Waals surface area (Å²) in [5, 5.41) is 0. The molecule has 0 saturated carbocycles. The van der Waals surface area contributed by atoms with Crippen molar-refractivity contribution in [1.29, 1.82) is 0 Å². The molecule has 0 radical (unpaired) electrons. The highest BCUT2D eigenvalue weighted by atomic mass is 35.5. The van der Waals surface area contributed by atoms with E-state index < -0.39 is 11.7 Å². The number of rotatable bonds is 3. The highest BCUT2D eigenvalue weighted by Crippen LogP contribution is 2.33. The van der Waals surface area contributed by atoms with Crippen LogP contribution in [0.25, 0.3) is 0 Å². The van der Waals surface area contributed by atoms with Crippen LogP contribution < -0.4 is 9.47 Å². The van der Waals surface area contributed by atoms with Crippen molar-refractivity contribution in [3.05, 3.63) is 59.2 Å². The Labute approximate surface area is 172 Å². The van der Waals surface area contributed by atoms with Crippen LogP contribution >= 0.6 is 12.4 Å². The van der Waals surface area contributed by atoms with E-state index in [1.165, 1.54) is 12.1 Å². The number of alkyl halides is 3. The third kappa shape index (κ3) is 4.76. The quantitative estimate of drug-likeness (QED) is 0.745. The number of benzene rings is 2. The van der Waals surface area contributed by atoms with E-state index in [9.17, 15) is 18.0 Å². The van der Waals surface area contributed by atoms with E-state index in [0.29, 0.717) is 55.3 Å². The van der Waals surface area contributed by atoms with Crippen LogP contribution in [0, 0.1) is 0 Å². The Morgan fingerprint density at radius 1 is 0.966 bits per heavy atom. The SMILES string of the molecule is Cl.O=C(c1ccc2c(c1)OCO2)N1CCN(Cc2cccc(C(F)(F)F)c2)CC1. The molecule has 0 bridgehead atoms. The van der Waals surface area contributed by atoms with Gasteiger partial charge in [-0.25, -0.2) is 0 Å². The molecular formula is C20H20ClF3N2O3. The van der Waals surface area contributed by atoms with Gasteiger partial charge < -0.3 is 14.4 Å².